The van der Waals surface area contributed by atoms with E-state index >= 15 is 0 Å². The molecule has 13 heteroatoms. The lowest BCUT2D eigenvalue weighted by Crippen LogP contribution is -2.48. The molecule has 0 unspecified atom stereocenters. The van der Waals surface area contributed by atoms with Crippen molar-refractivity contribution in [2.75, 3.05) is 31.1 Å². The molecule has 4 heterocycles. The second-order valence-electron chi connectivity index (χ2n) is 6.69. The van der Waals surface area contributed by atoms with Crippen molar-refractivity contribution in [2.45, 2.75) is 6.18 Å². The van der Waals surface area contributed by atoms with Crippen molar-refractivity contribution in [2.24, 2.45) is 7.05 Å². The normalized spacial score (nSPS) is 16.3. The number of nitrogens with zero attached hydrogens (tertiary/aromatic N) is 6. The van der Waals surface area contributed by atoms with Gasteiger partial charge in [-0.2, -0.15) is 22.6 Å². The fourth-order valence-corrected chi connectivity index (χ4v) is 5.25. The Balaban J connectivity index is 1.69. The van der Waals surface area contributed by atoms with Crippen LogP contribution in [0.4, 0.5) is 19.0 Å². The van der Waals surface area contributed by atoms with Gasteiger partial charge in [-0.05, 0) is 6.07 Å². The summed E-state index contributed by atoms with van der Waals surface area (Å²) >= 11 is 1.13. The number of aromatic nitrogens is 4. The number of piperazine rings is 1. The van der Waals surface area contributed by atoms with E-state index < -0.39 is 21.9 Å². The molecule has 4 rings (SSSR count). The summed E-state index contributed by atoms with van der Waals surface area (Å²) < 4.78 is 66.5. The van der Waals surface area contributed by atoms with Crippen molar-refractivity contribution in [3.8, 4) is 10.4 Å². The zero-order chi connectivity index (χ0) is 21.7. The molecule has 0 aliphatic carbocycles. The van der Waals surface area contributed by atoms with E-state index in [0.29, 0.717) is 34.0 Å². The van der Waals surface area contributed by atoms with Gasteiger partial charge in [0.15, 0.2) is 5.69 Å². The van der Waals surface area contributed by atoms with Gasteiger partial charge >= 0.3 is 6.18 Å². The summed E-state index contributed by atoms with van der Waals surface area (Å²) in [5, 5.41) is 5.10. The highest BCUT2D eigenvalue weighted by molar-refractivity contribution is 7.92. The van der Waals surface area contributed by atoms with Gasteiger partial charge in [-0.25, -0.2) is 18.4 Å². The van der Waals surface area contributed by atoms with Gasteiger partial charge in [0.05, 0.1) is 5.39 Å². The number of fused-ring (bicyclic) bond motifs is 1. The molecule has 0 spiro atoms. The maximum Gasteiger partial charge on any atom is 0.435 e. The first kappa shape index (κ1) is 20.8. The summed E-state index contributed by atoms with van der Waals surface area (Å²) in [7, 11) is -2.06. The van der Waals surface area contributed by atoms with Gasteiger partial charge in [0.2, 0.25) is 10.0 Å². The van der Waals surface area contributed by atoms with Crippen LogP contribution in [-0.4, -0.2) is 58.7 Å². The third-order valence-electron chi connectivity index (χ3n) is 4.78. The molecule has 1 aliphatic heterocycles. The third kappa shape index (κ3) is 3.68. The summed E-state index contributed by atoms with van der Waals surface area (Å²) in [4.78, 5) is 11.4. The van der Waals surface area contributed by atoms with Crippen molar-refractivity contribution in [3.05, 3.63) is 36.3 Å². The zero-order valence-electron chi connectivity index (χ0n) is 15.8. The largest absolute Gasteiger partial charge is 0.435 e. The topological polar surface area (TPSA) is 84.2 Å². The molecule has 0 N–H and O–H groups in total. The zero-order valence-corrected chi connectivity index (χ0v) is 17.4. The second-order valence-corrected chi connectivity index (χ2v) is 9.60. The molecule has 0 amide bonds. The molecule has 1 fully saturated rings. The number of sulfonamides is 1. The smallest absolute Gasteiger partial charge is 0.353 e. The molecule has 8 nitrogen and oxygen atoms in total. The number of thiophene rings is 1. The molecule has 0 atom stereocenters. The maximum atomic E-state index is 13.4. The minimum atomic E-state index is -4.58. The summed E-state index contributed by atoms with van der Waals surface area (Å²) in [6.07, 6.45) is -1.88. The van der Waals surface area contributed by atoms with Crippen LogP contribution in [-0.2, 0) is 23.2 Å². The van der Waals surface area contributed by atoms with Crippen LogP contribution in [0.2, 0.25) is 0 Å². The average molecular weight is 458 g/mol. The van der Waals surface area contributed by atoms with E-state index in [2.05, 4.69) is 21.6 Å². The van der Waals surface area contributed by atoms with E-state index in [1.54, 1.807) is 6.07 Å². The number of hydrogen-bond donors (Lipinski definition) is 0. The first-order valence-corrected chi connectivity index (χ1v) is 11.2. The van der Waals surface area contributed by atoms with Crippen LogP contribution >= 0.6 is 11.3 Å². The fraction of sp³-hybridized carbons (Fsp3) is 0.353. The van der Waals surface area contributed by atoms with Crippen molar-refractivity contribution in [1.29, 1.82) is 0 Å². The highest BCUT2D eigenvalue weighted by atomic mass is 32.2. The van der Waals surface area contributed by atoms with Crippen LogP contribution < -0.4 is 4.90 Å². The fourth-order valence-electron chi connectivity index (χ4n) is 3.37. The van der Waals surface area contributed by atoms with E-state index in [0.717, 1.165) is 21.4 Å². The minimum Gasteiger partial charge on any atom is -0.353 e. The molecule has 1 aliphatic rings. The lowest BCUT2D eigenvalue weighted by atomic mass is 10.2. The van der Waals surface area contributed by atoms with E-state index in [1.807, 2.05) is 4.90 Å². The summed E-state index contributed by atoms with van der Waals surface area (Å²) in [6, 6.07) is 1.63. The van der Waals surface area contributed by atoms with E-state index in [9.17, 15) is 21.6 Å². The molecular formula is C17H17F3N6O2S2. The molecule has 0 radical (unpaired) electrons. The summed E-state index contributed by atoms with van der Waals surface area (Å²) in [5.74, 6) is 0.565. The van der Waals surface area contributed by atoms with Crippen LogP contribution in [0, 0.1) is 0 Å². The Morgan fingerprint density at radius 1 is 1.20 bits per heavy atom. The highest BCUT2D eigenvalue weighted by Crippen LogP contribution is 2.41. The van der Waals surface area contributed by atoms with Crippen molar-refractivity contribution < 1.29 is 21.6 Å². The van der Waals surface area contributed by atoms with E-state index in [-0.39, 0.29) is 18.7 Å². The molecule has 1 saturated heterocycles. The number of hydrogen-bond acceptors (Lipinski definition) is 7. The molecular weight excluding hydrogens is 441 g/mol. The lowest BCUT2D eigenvalue weighted by molar-refractivity contribution is -0.140. The number of halogens is 3. The van der Waals surface area contributed by atoms with Crippen molar-refractivity contribution >= 4 is 37.4 Å². The molecule has 0 aromatic carbocycles. The quantitative estimate of drug-likeness (QED) is 0.598. The van der Waals surface area contributed by atoms with E-state index in [4.69, 9.17) is 0 Å². The lowest BCUT2D eigenvalue weighted by Gasteiger charge is -2.34. The number of anilines is 1. The molecule has 3 aromatic rings. The monoisotopic (exact) mass is 458 g/mol. The van der Waals surface area contributed by atoms with Crippen LogP contribution in [0.1, 0.15) is 5.69 Å². The second kappa shape index (κ2) is 7.32. The van der Waals surface area contributed by atoms with Gasteiger partial charge in [0.25, 0.3) is 0 Å². The number of rotatable bonds is 4. The first-order valence-electron chi connectivity index (χ1n) is 8.83. The Bertz CT molecular complexity index is 1210. The van der Waals surface area contributed by atoms with Gasteiger partial charge in [-0.15, -0.1) is 11.3 Å². The van der Waals surface area contributed by atoms with Crippen molar-refractivity contribution in [1.82, 2.24) is 24.1 Å². The molecule has 3 aromatic heterocycles. The van der Waals surface area contributed by atoms with Gasteiger partial charge < -0.3 is 4.90 Å². The molecule has 160 valence electrons. The number of alkyl halides is 3. The van der Waals surface area contributed by atoms with Gasteiger partial charge in [-0.1, -0.05) is 6.58 Å². The summed E-state index contributed by atoms with van der Waals surface area (Å²) in [5.41, 5.74) is -0.963. The Morgan fingerprint density at radius 2 is 1.90 bits per heavy atom. The first-order chi connectivity index (χ1) is 14.1. The molecule has 0 saturated carbocycles. The Morgan fingerprint density at radius 3 is 2.53 bits per heavy atom. The van der Waals surface area contributed by atoms with Gasteiger partial charge in [0.1, 0.15) is 17.0 Å². The van der Waals surface area contributed by atoms with Crippen molar-refractivity contribution in [3.63, 3.8) is 0 Å². The SMILES string of the molecule is C=CS(=O)(=O)N1CCN(c2ncnc3sc(-c4cn(C)nc4C(F)(F)F)cc23)CC1. The van der Waals surface area contributed by atoms with Gasteiger partial charge in [0, 0.05) is 55.3 Å². The Labute approximate surface area is 174 Å². The maximum absolute atomic E-state index is 13.4. The number of aryl methyl sites for hydroxylation is 1. The van der Waals surface area contributed by atoms with Gasteiger partial charge in [-0.3, -0.25) is 4.68 Å². The molecule has 0 bridgehead atoms. The van der Waals surface area contributed by atoms with Crippen LogP contribution in [0.5, 0.6) is 0 Å². The Kier molecular flexibility index (Phi) is 5.06. The highest BCUT2D eigenvalue weighted by Gasteiger charge is 2.38. The summed E-state index contributed by atoms with van der Waals surface area (Å²) in [6.45, 7) is 4.64. The predicted molar refractivity (Wildman–Crippen MR) is 108 cm³/mol. The van der Waals surface area contributed by atoms with Crippen LogP contribution in [0.3, 0.4) is 0 Å². The van der Waals surface area contributed by atoms with Crippen LogP contribution in [0.15, 0.2) is 30.6 Å². The minimum absolute atomic E-state index is 0.0131. The van der Waals surface area contributed by atoms with Crippen LogP contribution in [0.25, 0.3) is 20.7 Å². The van der Waals surface area contributed by atoms with E-state index in [1.165, 1.54) is 23.9 Å². The molecule has 30 heavy (non-hydrogen) atoms. The average Bonchev–Trinajstić information content (AvgIpc) is 3.31. The Hall–Kier alpha value is -2.51. The predicted octanol–water partition coefficient (Wildman–Crippen LogP) is 2.71. The third-order valence-corrected chi connectivity index (χ3v) is 7.36. The standard InChI is InChI=1S/C17H17F3N6O2S2/c1-3-30(27,28)26-6-4-25(5-7-26)15-11-8-13(29-16(11)22-10-21-15)12-9-24(2)23-14(12)17(18,19)20/h3,8-10H,1,4-7H2,2H3.